The molecule has 0 bridgehead atoms. The van der Waals surface area contributed by atoms with Crippen molar-refractivity contribution in [3.05, 3.63) is 46.9 Å². The zero-order valence-corrected chi connectivity index (χ0v) is 20.2. The van der Waals surface area contributed by atoms with Crippen LogP contribution in [0.3, 0.4) is 0 Å². The Hall–Kier alpha value is -2.84. The Morgan fingerprint density at radius 3 is 2.85 bits per heavy atom. The number of rotatable bonds is 10. The summed E-state index contributed by atoms with van der Waals surface area (Å²) in [6, 6.07) is 5.54. The number of nitrogens with zero attached hydrogens (tertiary/aromatic N) is 2. The summed E-state index contributed by atoms with van der Waals surface area (Å²) in [5, 5.41) is 6.88. The van der Waals surface area contributed by atoms with Crippen molar-refractivity contribution in [2.45, 2.75) is 40.4 Å². The van der Waals surface area contributed by atoms with Crippen LogP contribution in [-0.2, 0) is 16.1 Å². The lowest BCUT2D eigenvalue weighted by atomic mass is 10.1. The molecule has 1 aromatic carbocycles. The summed E-state index contributed by atoms with van der Waals surface area (Å²) in [6.07, 6.45) is 3.29. The highest BCUT2D eigenvalue weighted by molar-refractivity contribution is 5.91. The minimum absolute atomic E-state index is 0.0177. The molecular weight excluding hydrogens is 422 g/mol. The molecule has 0 radical (unpaired) electrons. The molecule has 1 aliphatic heterocycles. The van der Waals surface area contributed by atoms with E-state index in [9.17, 15) is 4.79 Å². The van der Waals surface area contributed by atoms with Gasteiger partial charge in [-0.05, 0) is 43.5 Å². The molecule has 2 heterocycles. The predicted molar refractivity (Wildman–Crippen MR) is 126 cm³/mol. The van der Waals surface area contributed by atoms with E-state index < -0.39 is 0 Å². The van der Waals surface area contributed by atoms with Crippen molar-refractivity contribution < 1.29 is 23.5 Å². The summed E-state index contributed by atoms with van der Waals surface area (Å²) in [5.41, 5.74) is 2.57. The number of ether oxygens (including phenoxy) is 3. The Morgan fingerprint density at radius 1 is 1.33 bits per heavy atom. The maximum Gasteiger partial charge on any atom is 0.244 e. The molecule has 1 aromatic heterocycles. The van der Waals surface area contributed by atoms with Crippen molar-refractivity contribution in [1.82, 2.24) is 15.4 Å². The number of carbonyl (C=O) groups excluding carboxylic acids is 1. The molecule has 180 valence electrons. The largest absolute Gasteiger partial charge is 0.493 e. The van der Waals surface area contributed by atoms with E-state index in [-0.39, 0.29) is 12.0 Å². The van der Waals surface area contributed by atoms with E-state index in [1.807, 2.05) is 32.0 Å². The van der Waals surface area contributed by atoms with Crippen LogP contribution in [-0.4, -0.2) is 62.0 Å². The average molecular weight is 458 g/mol. The summed E-state index contributed by atoms with van der Waals surface area (Å²) in [5.74, 6) is 2.40. The van der Waals surface area contributed by atoms with Gasteiger partial charge in [0.1, 0.15) is 12.4 Å². The van der Waals surface area contributed by atoms with E-state index in [4.69, 9.17) is 18.7 Å². The molecule has 8 nitrogen and oxygen atoms in total. The first-order valence-electron chi connectivity index (χ1n) is 11.4. The van der Waals surface area contributed by atoms with E-state index in [2.05, 4.69) is 29.2 Å². The first-order valence-corrected chi connectivity index (χ1v) is 11.4. The van der Waals surface area contributed by atoms with E-state index in [1.165, 1.54) is 6.08 Å². The van der Waals surface area contributed by atoms with Gasteiger partial charge in [-0.2, -0.15) is 0 Å². The van der Waals surface area contributed by atoms with Gasteiger partial charge in [0.2, 0.25) is 5.91 Å². The molecule has 1 atom stereocenters. The third-order valence-electron chi connectivity index (χ3n) is 5.52. The summed E-state index contributed by atoms with van der Waals surface area (Å²) in [6.45, 7) is 12.5. The van der Waals surface area contributed by atoms with Crippen molar-refractivity contribution in [2.24, 2.45) is 5.92 Å². The lowest BCUT2D eigenvalue weighted by Crippen LogP contribution is -2.48. The van der Waals surface area contributed by atoms with Crippen LogP contribution in [0.1, 0.15) is 36.4 Å². The summed E-state index contributed by atoms with van der Waals surface area (Å²) in [4.78, 5) is 14.7. The zero-order valence-electron chi connectivity index (χ0n) is 20.2. The number of nitrogens with one attached hydrogen (secondary N) is 1. The topological polar surface area (TPSA) is 86.1 Å². The van der Waals surface area contributed by atoms with E-state index in [0.717, 1.165) is 42.2 Å². The molecular formula is C25H35N3O5. The zero-order chi connectivity index (χ0) is 23.8. The van der Waals surface area contributed by atoms with Crippen molar-refractivity contribution in [3.63, 3.8) is 0 Å². The van der Waals surface area contributed by atoms with Crippen molar-refractivity contribution in [1.29, 1.82) is 0 Å². The second-order valence-electron chi connectivity index (χ2n) is 8.73. The average Bonchev–Trinajstić information content (AvgIpc) is 3.12. The number of carbonyl (C=O) groups is 1. The van der Waals surface area contributed by atoms with Gasteiger partial charge >= 0.3 is 0 Å². The SMILES string of the molecule is COc1cc(/C=C/C(=O)NCC2CN(CC(C)C)CCO2)ccc1OCc1c(C)noc1C. The van der Waals surface area contributed by atoms with Crippen LogP contribution >= 0.6 is 0 Å². The number of benzene rings is 1. The van der Waals surface area contributed by atoms with Crippen molar-refractivity contribution >= 4 is 12.0 Å². The van der Waals surface area contributed by atoms with E-state index in [0.29, 0.717) is 37.2 Å². The molecule has 1 N–H and O–H groups in total. The molecule has 2 aromatic rings. The Morgan fingerprint density at radius 2 is 2.15 bits per heavy atom. The molecule has 3 rings (SSSR count). The Balaban J connectivity index is 1.51. The standard InChI is InChI=1S/C25H35N3O5/c1-17(2)14-28-10-11-31-21(15-28)13-26-25(29)9-7-20-6-8-23(24(12-20)30-5)32-16-22-18(3)27-33-19(22)4/h6-9,12,17,21H,10-11,13-16H2,1-5H3,(H,26,29)/b9-7+. The van der Waals surface area contributed by atoms with Crippen molar-refractivity contribution in [2.75, 3.05) is 39.9 Å². The van der Waals surface area contributed by atoms with E-state index in [1.54, 1.807) is 13.2 Å². The Kier molecular flexibility index (Phi) is 8.91. The number of aryl methyl sites for hydroxylation is 2. The summed E-state index contributed by atoms with van der Waals surface area (Å²) < 4.78 is 22.3. The van der Waals surface area contributed by atoms with Crippen LogP contribution in [0.25, 0.3) is 6.08 Å². The number of hydrogen-bond donors (Lipinski definition) is 1. The molecule has 0 aliphatic carbocycles. The van der Waals surface area contributed by atoms with Crippen LogP contribution in [0.2, 0.25) is 0 Å². The molecule has 8 heteroatoms. The molecule has 33 heavy (non-hydrogen) atoms. The van der Waals surface area contributed by atoms with Crippen LogP contribution in [0.15, 0.2) is 28.8 Å². The van der Waals surface area contributed by atoms with Gasteiger partial charge in [-0.15, -0.1) is 0 Å². The first-order chi connectivity index (χ1) is 15.9. The van der Waals surface area contributed by atoms with Crippen LogP contribution in [0.4, 0.5) is 0 Å². The first kappa shape index (κ1) is 24.8. The monoisotopic (exact) mass is 457 g/mol. The lowest BCUT2D eigenvalue weighted by Gasteiger charge is -2.33. The molecule has 1 amide bonds. The molecule has 0 saturated carbocycles. The highest BCUT2D eigenvalue weighted by atomic mass is 16.5. The van der Waals surface area contributed by atoms with E-state index >= 15 is 0 Å². The van der Waals surface area contributed by atoms with Crippen molar-refractivity contribution in [3.8, 4) is 11.5 Å². The molecule has 1 fully saturated rings. The second kappa shape index (κ2) is 11.9. The number of morpholine rings is 1. The number of amides is 1. The van der Waals surface area contributed by atoms with Gasteiger partial charge in [-0.1, -0.05) is 25.1 Å². The minimum atomic E-state index is -0.155. The lowest BCUT2D eigenvalue weighted by molar-refractivity contribution is -0.117. The fraction of sp³-hybridized carbons (Fsp3) is 0.520. The summed E-state index contributed by atoms with van der Waals surface area (Å²) >= 11 is 0. The second-order valence-corrected chi connectivity index (χ2v) is 8.73. The molecule has 0 spiro atoms. The molecule has 1 saturated heterocycles. The maximum absolute atomic E-state index is 12.3. The van der Waals surface area contributed by atoms with Gasteiger partial charge < -0.3 is 24.1 Å². The Labute approximate surface area is 195 Å². The molecule has 1 aliphatic rings. The highest BCUT2D eigenvalue weighted by Crippen LogP contribution is 2.30. The predicted octanol–water partition coefficient (Wildman–Crippen LogP) is 3.37. The third-order valence-corrected chi connectivity index (χ3v) is 5.52. The smallest absolute Gasteiger partial charge is 0.244 e. The third kappa shape index (κ3) is 7.33. The highest BCUT2D eigenvalue weighted by Gasteiger charge is 2.21. The van der Waals surface area contributed by atoms with Gasteiger partial charge in [0.25, 0.3) is 0 Å². The van der Waals surface area contributed by atoms with Gasteiger partial charge in [0, 0.05) is 32.3 Å². The van der Waals surface area contributed by atoms with Gasteiger partial charge in [0.05, 0.1) is 31.1 Å². The number of aromatic nitrogens is 1. The summed E-state index contributed by atoms with van der Waals surface area (Å²) in [7, 11) is 1.59. The van der Waals surface area contributed by atoms with Crippen LogP contribution < -0.4 is 14.8 Å². The fourth-order valence-electron chi connectivity index (χ4n) is 3.80. The number of hydrogen-bond acceptors (Lipinski definition) is 7. The normalized spacial score (nSPS) is 17.0. The van der Waals surface area contributed by atoms with Crippen LogP contribution in [0, 0.1) is 19.8 Å². The minimum Gasteiger partial charge on any atom is -0.493 e. The van der Waals surface area contributed by atoms with Gasteiger partial charge in [-0.3, -0.25) is 9.69 Å². The van der Waals surface area contributed by atoms with Gasteiger partial charge in [-0.25, -0.2) is 0 Å². The van der Waals surface area contributed by atoms with Gasteiger partial charge in [0.15, 0.2) is 11.5 Å². The molecule has 1 unspecified atom stereocenters. The quantitative estimate of drug-likeness (QED) is 0.548. The fourth-order valence-corrected chi connectivity index (χ4v) is 3.80. The van der Waals surface area contributed by atoms with Crippen LogP contribution in [0.5, 0.6) is 11.5 Å². The number of methoxy groups -OCH3 is 1. The maximum atomic E-state index is 12.3. The Bertz CT molecular complexity index is 934.